The number of allylic oxidation sites excluding steroid dienone is 1. The number of thiazole rings is 1. The number of aromatic nitrogens is 3. The van der Waals surface area contributed by atoms with Gasteiger partial charge in [-0.05, 0) is 61.7 Å². The lowest BCUT2D eigenvalue weighted by Crippen LogP contribution is -2.39. The largest absolute Gasteiger partial charge is 0.463 e. The van der Waals surface area contributed by atoms with Crippen molar-refractivity contribution in [1.29, 1.82) is 0 Å². The number of hydrogen-bond acceptors (Lipinski definition) is 11. The summed E-state index contributed by atoms with van der Waals surface area (Å²) in [4.78, 5) is 62.5. The maximum absolute atomic E-state index is 13.7. The number of aryl methyl sites for hydroxylation is 1. The summed E-state index contributed by atoms with van der Waals surface area (Å²) >= 11 is 3.52. The van der Waals surface area contributed by atoms with Crippen LogP contribution in [0.5, 0.6) is 0 Å². The monoisotopic (exact) mass is 595 g/mol. The van der Waals surface area contributed by atoms with Gasteiger partial charge >= 0.3 is 5.97 Å². The molecule has 11 nitrogen and oxygen atoms in total. The average molecular weight is 596 g/mol. The number of nitrogens with one attached hydrogen (secondary N) is 1. The SMILES string of the molecule is CCOC(=O)C1=C(C)N=c2s/c(=C/c3ccc(Sc4nc(C)cc(=O)[nH]4)c([N+](=O)[O-])c3)c(=O)n2[C@@H]1c1cccs1. The Morgan fingerprint density at radius 2 is 2.08 bits per heavy atom. The van der Waals surface area contributed by atoms with E-state index >= 15 is 0 Å². The van der Waals surface area contributed by atoms with Gasteiger partial charge in [0.1, 0.15) is 6.04 Å². The molecule has 1 aliphatic rings. The number of benzene rings is 1. The van der Waals surface area contributed by atoms with Gasteiger partial charge in [-0.3, -0.25) is 24.3 Å². The van der Waals surface area contributed by atoms with Gasteiger partial charge in [0.2, 0.25) is 0 Å². The fourth-order valence-electron chi connectivity index (χ4n) is 4.22. The summed E-state index contributed by atoms with van der Waals surface area (Å²) in [6.45, 7) is 5.26. The molecule has 0 saturated heterocycles. The molecule has 0 fully saturated rings. The van der Waals surface area contributed by atoms with Crippen molar-refractivity contribution in [3.05, 3.63) is 109 Å². The molecule has 0 aliphatic carbocycles. The Hall–Kier alpha value is -4.14. The summed E-state index contributed by atoms with van der Waals surface area (Å²) in [6, 6.07) is 8.88. The zero-order valence-electron chi connectivity index (χ0n) is 21.4. The van der Waals surface area contributed by atoms with Gasteiger partial charge in [-0.1, -0.05) is 23.5 Å². The fraction of sp³-hybridized carbons (Fsp3) is 0.192. The van der Waals surface area contributed by atoms with Gasteiger partial charge in [0.15, 0.2) is 9.96 Å². The number of thiophene rings is 1. The number of carbonyl (C=O) groups excluding carboxylic acids is 1. The summed E-state index contributed by atoms with van der Waals surface area (Å²) < 4.78 is 7.05. The van der Waals surface area contributed by atoms with Gasteiger partial charge in [0.25, 0.3) is 16.8 Å². The predicted octanol–water partition coefficient (Wildman–Crippen LogP) is 3.31. The number of ether oxygens (including phenoxy) is 1. The normalized spacial score (nSPS) is 15.1. The van der Waals surface area contributed by atoms with E-state index < -0.39 is 16.9 Å². The van der Waals surface area contributed by atoms with Crippen molar-refractivity contribution in [3.8, 4) is 0 Å². The Kier molecular flexibility index (Phi) is 7.65. The van der Waals surface area contributed by atoms with Crippen molar-refractivity contribution < 1.29 is 14.5 Å². The van der Waals surface area contributed by atoms with E-state index in [0.29, 0.717) is 31.9 Å². The van der Waals surface area contributed by atoms with Gasteiger partial charge in [-0.15, -0.1) is 11.3 Å². The molecule has 4 heterocycles. The molecule has 5 rings (SSSR count). The van der Waals surface area contributed by atoms with E-state index in [1.807, 2.05) is 17.5 Å². The zero-order chi connectivity index (χ0) is 28.6. The highest BCUT2D eigenvalue weighted by Crippen LogP contribution is 2.34. The molecule has 1 atom stereocenters. The number of carbonyl (C=O) groups is 1. The van der Waals surface area contributed by atoms with Gasteiger partial charge in [0, 0.05) is 22.7 Å². The van der Waals surface area contributed by atoms with Crippen LogP contribution in [0.4, 0.5) is 5.69 Å². The number of fused-ring (bicyclic) bond motifs is 1. The molecular weight excluding hydrogens is 575 g/mol. The number of hydrogen-bond donors (Lipinski definition) is 1. The Morgan fingerprint density at radius 3 is 2.75 bits per heavy atom. The number of rotatable bonds is 7. The fourth-order valence-corrected chi connectivity index (χ4v) is 7.01. The third-order valence-corrected chi connectivity index (χ3v) is 8.72. The summed E-state index contributed by atoms with van der Waals surface area (Å²) in [5, 5.41) is 14.0. The molecule has 3 aromatic heterocycles. The molecule has 204 valence electrons. The molecule has 14 heteroatoms. The van der Waals surface area contributed by atoms with E-state index in [9.17, 15) is 24.5 Å². The first-order valence-electron chi connectivity index (χ1n) is 11.9. The smallest absolute Gasteiger partial charge is 0.338 e. The van der Waals surface area contributed by atoms with Crippen molar-refractivity contribution in [2.75, 3.05) is 6.61 Å². The van der Waals surface area contributed by atoms with Gasteiger partial charge < -0.3 is 9.72 Å². The Labute approximate surface area is 238 Å². The second kappa shape index (κ2) is 11.2. The Balaban J connectivity index is 1.60. The minimum Gasteiger partial charge on any atom is -0.463 e. The van der Waals surface area contributed by atoms with E-state index in [-0.39, 0.29) is 33.5 Å². The van der Waals surface area contributed by atoms with Crippen LogP contribution in [-0.2, 0) is 9.53 Å². The van der Waals surface area contributed by atoms with Crippen molar-refractivity contribution in [2.24, 2.45) is 4.99 Å². The molecule has 0 unspecified atom stereocenters. The number of nitro groups is 1. The Morgan fingerprint density at radius 1 is 1.27 bits per heavy atom. The van der Waals surface area contributed by atoms with Crippen molar-refractivity contribution in [2.45, 2.75) is 36.9 Å². The third-order valence-electron chi connectivity index (χ3n) is 5.86. The van der Waals surface area contributed by atoms with Gasteiger partial charge in [0.05, 0.1) is 32.2 Å². The molecule has 0 amide bonds. The summed E-state index contributed by atoms with van der Waals surface area (Å²) in [7, 11) is 0. The standard InChI is InChI=1S/C26H21N5O6S3/c1-4-37-24(34)21-14(3)28-26-30(22(21)18-6-5-9-38-18)23(33)19(40-26)12-15-7-8-17(16(11-15)31(35)36)39-25-27-13(2)10-20(32)29-25/h5-12,22H,4H2,1-3H3,(H,27,29,32)/b19-12+/t22-/m1/s1. The minimum absolute atomic E-state index is 0.181. The number of nitrogens with zero attached hydrogens (tertiary/aromatic N) is 4. The molecule has 1 aromatic carbocycles. The van der Waals surface area contributed by atoms with Crippen molar-refractivity contribution in [3.63, 3.8) is 0 Å². The van der Waals surface area contributed by atoms with E-state index in [2.05, 4.69) is 15.0 Å². The van der Waals surface area contributed by atoms with Crippen LogP contribution >= 0.6 is 34.4 Å². The van der Waals surface area contributed by atoms with E-state index in [1.54, 1.807) is 39.0 Å². The van der Waals surface area contributed by atoms with Crippen LogP contribution in [0.15, 0.2) is 77.7 Å². The first kappa shape index (κ1) is 27.4. The predicted molar refractivity (Wildman–Crippen MR) is 152 cm³/mol. The highest BCUT2D eigenvalue weighted by atomic mass is 32.2. The lowest BCUT2D eigenvalue weighted by molar-refractivity contribution is -0.387. The van der Waals surface area contributed by atoms with Crippen LogP contribution in [0.2, 0.25) is 0 Å². The topological polar surface area (TPSA) is 150 Å². The van der Waals surface area contributed by atoms with Gasteiger partial charge in [-0.2, -0.15) is 0 Å². The summed E-state index contributed by atoms with van der Waals surface area (Å²) in [6.07, 6.45) is 1.56. The molecule has 1 aliphatic heterocycles. The van der Waals surface area contributed by atoms with E-state index in [1.165, 1.54) is 28.0 Å². The van der Waals surface area contributed by atoms with E-state index in [4.69, 9.17) is 4.74 Å². The lowest BCUT2D eigenvalue weighted by atomic mass is 10.0. The van der Waals surface area contributed by atoms with Crippen molar-refractivity contribution in [1.82, 2.24) is 14.5 Å². The van der Waals surface area contributed by atoms with Crippen LogP contribution in [0.25, 0.3) is 6.08 Å². The molecule has 0 bridgehead atoms. The minimum atomic E-state index is -0.699. The number of nitro benzene ring substituents is 1. The highest BCUT2D eigenvalue weighted by molar-refractivity contribution is 7.99. The number of aromatic amines is 1. The molecule has 0 spiro atoms. The quantitative estimate of drug-likeness (QED) is 0.148. The first-order valence-corrected chi connectivity index (χ1v) is 14.4. The molecule has 1 N–H and O–H groups in total. The van der Waals surface area contributed by atoms with Gasteiger partial charge in [-0.25, -0.2) is 14.8 Å². The molecule has 0 radical (unpaired) electrons. The molecular formula is C26H21N5O6S3. The van der Waals surface area contributed by atoms with Crippen LogP contribution in [0.1, 0.15) is 36.0 Å². The summed E-state index contributed by atoms with van der Waals surface area (Å²) in [5.41, 5.74) is 0.746. The average Bonchev–Trinajstić information content (AvgIpc) is 3.52. The Bertz CT molecular complexity index is 1920. The molecule has 40 heavy (non-hydrogen) atoms. The van der Waals surface area contributed by atoms with Crippen LogP contribution in [0, 0.1) is 17.0 Å². The zero-order valence-corrected chi connectivity index (χ0v) is 23.8. The maximum Gasteiger partial charge on any atom is 0.338 e. The first-order chi connectivity index (χ1) is 19.2. The second-order valence-electron chi connectivity index (χ2n) is 8.60. The van der Waals surface area contributed by atoms with Crippen LogP contribution in [-0.4, -0.2) is 32.0 Å². The van der Waals surface area contributed by atoms with Crippen LogP contribution < -0.4 is 20.5 Å². The third kappa shape index (κ3) is 5.33. The van der Waals surface area contributed by atoms with E-state index in [0.717, 1.165) is 28.0 Å². The lowest BCUT2D eigenvalue weighted by Gasteiger charge is -2.23. The summed E-state index contributed by atoms with van der Waals surface area (Å²) in [5.74, 6) is -0.537. The number of H-pyrrole nitrogens is 1. The van der Waals surface area contributed by atoms with Crippen molar-refractivity contribution >= 4 is 52.2 Å². The highest BCUT2D eigenvalue weighted by Gasteiger charge is 2.34. The molecule has 4 aromatic rings. The maximum atomic E-state index is 13.7. The van der Waals surface area contributed by atoms with Crippen LogP contribution in [0.3, 0.4) is 0 Å². The second-order valence-corrected chi connectivity index (χ2v) is 11.6. The number of esters is 1. The molecule has 0 saturated carbocycles.